The maximum atomic E-state index is 14.1. The molecule has 0 aliphatic rings. The van der Waals surface area contributed by atoms with E-state index >= 15 is 0 Å². The van der Waals surface area contributed by atoms with Gasteiger partial charge in [0.2, 0.25) is 21.8 Å². The van der Waals surface area contributed by atoms with Crippen LogP contribution in [0.3, 0.4) is 0 Å². The zero-order chi connectivity index (χ0) is 29.5. The Labute approximate surface area is 238 Å². The summed E-state index contributed by atoms with van der Waals surface area (Å²) >= 11 is 0. The summed E-state index contributed by atoms with van der Waals surface area (Å²) in [5.41, 5.74) is 2.57. The van der Waals surface area contributed by atoms with Crippen molar-refractivity contribution in [2.45, 2.75) is 52.2 Å². The maximum Gasteiger partial charge on any atom is 0.244 e. The third-order valence-electron chi connectivity index (χ3n) is 6.28. The fourth-order valence-corrected chi connectivity index (χ4v) is 5.11. The monoisotopic (exact) mass is 565 g/mol. The van der Waals surface area contributed by atoms with Crippen molar-refractivity contribution in [1.29, 1.82) is 0 Å². The number of methoxy groups -OCH3 is 1. The molecule has 214 valence electrons. The summed E-state index contributed by atoms with van der Waals surface area (Å²) in [6.45, 7) is 7.28. The number of nitrogens with zero attached hydrogens (tertiary/aromatic N) is 2. The first kappa shape index (κ1) is 30.7. The predicted molar refractivity (Wildman–Crippen MR) is 159 cm³/mol. The van der Waals surface area contributed by atoms with Crippen LogP contribution in [-0.4, -0.2) is 56.6 Å². The Hall–Kier alpha value is -3.85. The Morgan fingerprint density at radius 2 is 1.50 bits per heavy atom. The molecule has 3 aromatic rings. The van der Waals surface area contributed by atoms with Crippen molar-refractivity contribution in [2.24, 2.45) is 0 Å². The zero-order valence-corrected chi connectivity index (χ0v) is 24.9. The van der Waals surface area contributed by atoms with Gasteiger partial charge in [0.15, 0.2) is 0 Å². The van der Waals surface area contributed by atoms with Gasteiger partial charge in [0, 0.05) is 18.5 Å². The molecule has 0 saturated heterocycles. The third kappa shape index (κ3) is 8.84. The van der Waals surface area contributed by atoms with E-state index in [-0.39, 0.29) is 18.9 Å². The Kier molecular flexibility index (Phi) is 9.98. The predicted octanol–water partition coefficient (Wildman–Crippen LogP) is 4.32. The molecule has 0 heterocycles. The molecular formula is C31H39N3O5S. The summed E-state index contributed by atoms with van der Waals surface area (Å²) in [4.78, 5) is 29.3. The van der Waals surface area contributed by atoms with Crippen LogP contribution in [0.2, 0.25) is 0 Å². The molecule has 0 aliphatic carbocycles. The first-order chi connectivity index (χ1) is 18.8. The van der Waals surface area contributed by atoms with E-state index in [4.69, 9.17) is 4.74 Å². The molecule has 1 atom stereocenters. The van der Waals surface area contributed by atoms with Crippen molar-refractivity contribution in [3.63, 3.8) is 0 Å². The van der Waals surface area contributed by atoms with Crippen LogP contribution in [0.25, 0.3) is 0 Å². The van der Waals surface area contributed by atoms with E-state index in [1.807, 2.05) is 82.3 Å². The van der Waals surface area contributed by atoms with E-state index in [2.05, 4.69) is 5.32 Å². The molecule has 8 nitrogen and oxygen atoms in total. The topological polar surface area (TPSA) is 96.0 Å². The van der Waals surface area contributed by atoms with Gasteiger partial charge < -0.3 is 15.0 Å². The Balaban J connectivity index is 2.05. The van der Waals surface area contributed by atoms with Gasteiger partial charge in [-0.05, 0) is 63.1 Å². The van der Waals surface area contributed by atoms with E-state index in [1.165, 1.54) is 12.0 Å². The number of hydrogen-bond acceptors (Lipinski definition) is 5. The number of sulfonamides is 1. The molecule has 0 aliphatic heterocycles. The number of ether oxygens (including phenoxy) is 1. The van der Waals surface area contributed by atoms with Crippen molar-refractivity contribution < 1.29 is 22.7 Å². The van der Waals surface area contributed by atoms with Crippen LogP contribution in [0.1, 0.15) is 37.5 Å². The number of anilines is 1. The summed E-state index contributed by atoms with van der Waals surface area (Å²) in [6.07, 6.45) is 1.32. The number of amides is 2. The smallest absolute Gasteiger partial charge is 0.244 e. The number of carbonyl (C=O) groups excluding carboxylic acids is 2. The normalized spacial score (nSPS) is 12.3. The van der Waals surface area contributed by atoms with Gasteiger partial charge in [0.05, 0.1) is 19.1 Å². The Morgan fingerprint density at radius 1 is 0.900 bits per heavy atom. The molecule has 0 unspecified atom stereocenters. The lowest BCUT2D eigenvalue weighted by molar-refractivity contribution is -0.140. The fraction of sp³-hybridized carbons (Fsp3) is 0.355. The molecule has 3 rings (SSSR count). The maximum absolute atomic E-state index is 14.1. The fourth-order valence-electron chi connectivity index (χ4n) is 4.26. The minimum absolute atomic E-state index is 0.133. The van der Waals surface area contributed by atoms with Gasteiger partial charge in [0.1, 0.15) is 18.3 Å². The van der Waals surface area contributed by atoms with E-state index in [0.29, 0.717) is 11.4 Å². The first-order valence-corrected chi connectivity index (χ1v) is 14.9. The molecular weight excluding hydrogens is 526 g/mol. The summed E-state index contributed by atoms with van der Waals surface area (Å²) in [7, 11) is -2.31. The molecule has 40 heavy (non-hydrogen) atoms. The van der Waals surface area contributed by atoms with Crippen LogP contribution < -0.4 is 14.4 Å². The summed E-state index contributed by atoms with van der Waals surface area (Å²) in [6, 6.07) is 22.8. The van der Waals surface area contributed by atoms with Gasteiger partial charge in [0.25, 0.3) is 0 Å². The van der Waals surface area contributed by atoms with Crippen molar-refractivity contribution in [2.75, 3.05) is 24.2 Å². The molecule has 0 aromatic heterocycles. The van der Waals surface area contributed by atoms with Gasteiger partial charge in [-0.15, -0.1) is 0 Å². The van der Waals surface area contributed by atoms with Crippen molar-refractivity contribution >= 4 is 27.5 Å². The van der Waals surface area contributed by atoms with E-state index in [9.17, 15) is 18.0 Å². The molecule has 9 heteroatoms. The highest BCUT2D eigenvalue weighted by Crippen LogP contribution is 2.23. The molecule has 2 amide bonds. The standard InChI is InChI=1S/C31H39N3O5S/c1-23-12-14-25(15-13-23)21-33(28(30(36)32-31(2,3)4)20-24-10-8-7-9-11-24)29(35)22-34(40(6,37)38)26-16-18-27(39-5)19-17-26/h7-19,28H,20-22H2,1-6H3,(H,32,36)/t28-/m1/s1. The van der Waals surface area contributed by atoms with Crippen LogP contribution in [-0.2, 0) is 32.6 Å². The highest BCUT2D eigenvalue weighted by atomic mass is 32.2. The van der Waals surface area contributed by atoms with E-state index < -0.39 is 34.1 Å². The lowest BCUT2D eigenvalue weighted by Crippen LogP contribution is -2.56. The average Bonchev–Trinajstić information content (AvgIpc) is 2.89. The molecule has 1 N–H and O–H groups in total. The lowest BCUT2D eigenvalue weighted by Gasteiger charge is -2.35. The zero-order valence-electron chi connectivity index (χ0n) is 24.0. The molecule has 0 radical (unpaired) electrons. The van der Waals surface area contributed by atoms with E-state index in [1.54, 1.807) is 24.3 Å². The van der Waals surface area contributed by atoms with Crippen LogP contribution in [0.4, 0.5) is 5.69 Å². The average molecular weight is 566 g/mol. The third-order valence-corrected chi connectivity index (χ3v) is 7.42. The molecule has 0 saturated carbocycles. The number of aryl methyl sites for hydroxylation is 1. The highest BCUT2D eigenvalue weighted by molar-refractivity contribution is 7.92. The van der Waals surface area contributed by atoms with Gasteiger partial charge in [-0.2, -0.15) is 0 Å². The largest absolute Gasteiger partial charge is 0.497 e. The number of nitrogens with one attached hydrogen (secondary N) is 1. The molecule has 0 fully saturated rings. The quantitative estimate of drug-likeness (QED) is 0.374. The van der Waals surface area contributed by atoms with Gasteiger partial charge in [-0.25, -0.2) is 8.42 Å². The van der Waals surface area contributed by atoms with Crippen LogP contribution in [0, 0.1) is 6.92 Å². The van der Waals surface area contributed by atoms with Crippen LogP contribution in [0.15, 0.2) is 78.9 Å². The first-order valence-electron chi connectivity index (χ1n) is 13.1. The minimum Gasteiger partial charge on any atom is -0.497 e. The summed E-state index contributed by atoms with van der Waals surface area (Å²) in [5, 5.41) is 3.02. The van der Waals surface area contributed by atoms with Crippen molar-refractivity contribution in [1.82, 2.24) is 10.2 Å². The van der Waals surface area contributed by atoms with E-state index in [0.717, 1.165) is 27.3 Å². The summed E-state index contributed by atoms with van der Waals surface area (Å²) < 4.78 is 32.0. The number of carbonyl (C=O) groups is 2. The second-order valence-corrected chi connectivity index (χ2v) is 12.8. The SMILES string of the molecule is COc1ccc(N(CC(=O)N(Cc2ccc(C)cc2)[C@H](Cc2ccccc2)C(=O)NC(C)(C)C)S(C)(=O)=O)cc1. The van der Waals surface area contributed by atoms with Crippen LogP contribution in [0.5, 0.6) is 5.75 Å². The number of rotatable bonds is 11. The van der Waals surface area contributed by atoms with Gasteiger partial charge in [-0.1, -0.05) is 60.2 Å². The summed E-state index contributed by atoms with van der Waals surface area (Å²) in [5.74, 6) is -0.245. The lowest BCUT2D eigenvalue weighted by atomic mass is 10.0. The van der Waals surface area contributed by atoms with Crippen molar-refractivity contribution in [3.8, 4) is 5.75 Å². The van der Waals surface area contributed by atoms with Gasteiger partial charge >= 0.3 is 0 Å². The second-order valence-electron chi connectivity index (χ2n) is 10.9. The molecule has 0 spiro atoms. The molecule has 3 aromatic carbocycles. The Morgan fingerprint density at radius 3 is 2.02 bits per heavy atom. The molecule has 0 bridgehead atoms. The highest BCUT2D eigenvalue weighted by Gasteiger charge is 2.34. The second kappa shape index (κ2) is 13.0. The van der Waals surface area contributed by atoms with Crippen LogP contribution >= 0.6 is 0 Å². The number of hydrogen-bond donors (Lipinski definition) is 1. The number of benzene rings is 3. The van der Waals surface area contributed by atoms with Gasteiger partial charge in [-0.3, -0.25) is 13.9 Å². The Bertz CT molecular complexity index is 1380. The minimum atomic E-state index is -3.83. The van der Waals surface area contributed by atoms with Crippen molar-refractivity contribution in [3.05, 3.63) is 95.6 Å².